The lowest BCUT2D eigenvalue weighted by Gasteiger charge is -2.29. The molecule has 2 atom stereocenters. The summed E-state index contributed by atoms with van der Waals surface area (Å²) in [7, 11) is 0. The third-order valence-electron chi connectivity index (χ3n) is 5.93. The molecule has 4 rings (SSSR count). The van der Waals surface area contributed by atoms with Crippen LogP contribution in [0, 0.1) is 0 Å². The minimum atomic E-state index is -0.553. The Morgan fingerprint density at radius 1 is 1.13 bits per heavy atom. The highest BCUT2D eigenvalue weighted by Crippen LogP contribution is 2.29. The Bertz CT molecular complexity index is 1020. The number of ketones is 2. The number of hydrogen-bond acceptors (Lipinski definition) is 4. The van der Waals surface area contributed by atoms with Crippen LogP contribution in [0.4, 0.5) is 0 Å². The summed E-state index contributed by atoms with van der Waals surface area (Å²) in [4.78, 5) is 51.0. The van der Waals surface area contributed by atoms with Crippen LogP contribution in [-0.4, -0.2) is 34.3 Å². The molecule has 2 aromatic rings. The first-order chi connectivity index (χ1) is 14.5. The van der Waals surface area contributed by atoms with E-state index in [0.717, 1.165) is 17.5 Å². The van der Waals surface area contributed by atoms with Crippen LogP contribution >= 0.6 is 0 Å². The van der Waals surface area contributed by atoms with E-state index in [1.807, 2.05) is 37.3 Å². The van der Waals surface area contributed by atoms with Crippen LogP contribution in [0.3, 0.4) is 0 Å². The summed E-state index contributed by atoms with van der Waals surface area (Å²) in [6, 6.07) is 14.2. The topological polar surface area (TPSA) is 83.6 Å². The Labute approximate surface area is 175 Å². The maximum absolute atomic E-state index is 12.8. The van der Waals surface area contributed by atoms with Crippen LogP contribution in [0.5, 0.6) is 0 Å². The molecule has 1 unspecified atom stereocenters. The molecule has 154 valence electrons. The van der Waals surface area contributed by atoms with Gasteiger partial charge < -0.3 is 10.2 Å². The lowest BCUT2D eigenvalue weighted by Crippen LogP contribution is -2.44. The molecule has 0 saturated heterocycles. The SMILES string of the molecule is CC[C@@H](NC(=O)c1ccc2c(c1)CN(C1CCC(=O)CC1=O)C2=O)c1ccccc1. The average molecular weight is 404 g/mol. The van der Waals surface area contributed by atoms with Gasteiger partial charge in [0.05, 0.1) is 18.5 Å². The molecule has 2 aromatic carbocycles. The van der Waals surface area contributed by atoms with Crippen molar-refractivity contribution in [1.29, 1.82) is 0 Å². The number of benzene rings is 2. The van der Waals surface area contributed by atoms with Gasteiger partial charge in [0, 0.05) is 24.1 Å². The number of hydrogen-bond donors (Lipinski definition) is 1. The van der Waals surface area contributed by atoms with E-state index >= 15 is 0 Å². The Morgan fingerprint density at radius 2 is 1.90 bits per heavy atom. The number of rotatable bonds is 5. The molecule has 2 amide bonds. The summed E-state index contributed by atoms with van der Waals surface area (Å²) >= 11 is 0. The number of Topliss-reactive ketones (excluding diaryl/α,β-unsaturated/α-hetero) is 2. The zero-order valence-corrected chi connectivity index (χ0v) is 16.9. The lowest BCUT2D eigenvalue weighted by atomic mass is 9.92. The zero-order valence-electron chi connectivity index (χ0n) is 16.9. The maximum Gasteiger partial charge on any atom is 0.255 e. The van der Waals surface area contributed by atoms with Crippen molar-refractivity contribution in [1.82, 2.24) is 10.2 Å². The fourth-order valence-corrected chi connectivity index (χ4v) is 4.27. The van der Waals surface area contributed by atoms with Gasteiger partial charge in [-0.25, -0.2) is 0 Å². The largest absolute Gasteiger partial charge is 0.345 e. The van der Waals surface area contributed by atoms with Gasteiger partial charge in [-0.3, -0.25) is 19.2 Å². The van der Waals surface area contributed by atoms with Crippen molar-refractivity contribution < 1.29 is 19.2 Å². The summed E-state index contributed by atoms with van der Waals surface area (Å²) in [6.07, 6.45) is 1.36. The van der Waals surface area contributed by atoms with Gasteiger partial charge in [0.15, 0.2) is 5.78 Å². The molecular weight excluding hydrogens is 380 g/mol. The van der Waals surface area contributed by atoms with Crippen LogP contribution in [-0.2, 0) is 16.1 Å². The van der Waals surface area contributed by atoms with Gasteiger partial charge in [-0.1, -0.05) is 37.3 Å². The lowest BCUT2D eigenvalue weighted by molar-refractivity contribution is -0.133. The second-order valence-corrected chi connectivity index (χ2v) is 7.89. The van der Waals surface area contributed by atoms with Crippen molar-refractivity contribution in [3.8, 4) is 0 Å². The number of fused-ring (bicyclic) bond motifs is 1. The number of carbonyl (C=O) groups excluding carboxylic acids is 4. The van der Waals surface area contributed by atoms with Crippen LogP contribution in [0.15, 0.2) is 48.5 Å². The summed E-state index contributed by atoms with van der Waals surface area (Å²) < 4.78 is 0. The second-order valence-electron chi connectivity index (χ2n) is 7.89. The van der Waals surface area contributed by atoms with Crippen LogP contribution in [0.1, 0.15) is 70.5 Å². The predicted molar refractivity (Wildman–Crippen MR) is 111 cm³/mol. The van der Waals surface area contributed by atoms with E-state index in [2.05, 4.69) is 5.32 Å². The Hall–Kier alpha value is -3.28. The molecule has 30 heavy (non-hydrogen) atoms. The van der Waals surface area contributed by atoms with E-state index in [1.54, 1.807) is 23.1 Å². The van der Waals surface area contributed by atoms with Gasteiger partial charge in [-0.2, -0.15) is 0 Å². The van der Waals surface area contributed by atoms with Crippen molar-refractivity contribution in [3.05, 3.63) is 70.8 Å². The molecule has 1 saturated carbocycles. The minimum Gasteiger partial charge on any atom is -0.345 e. The van der Waals surface area contributed by atoms with Crippen molar-refractivity contribution in [2.24, 2.45) is 0 Å². The molecule has 0 bridgehead atoms. The molecule has 1 fully saturated rings. The standard InChI is InChI=1S/C24H24N2O4/c1-2-20(15-6-4-3-5-7-15)25-23(29)16-8-10-19-17(12-16)14-26(24(19)30)21-11-9-18(27)13-22(21)28/h3-8,10,12,20-21H,2,9,11,13-14H2,1H3,(H,25,29)/t20-,21?/m1/s1. The van der Waals surface area contributed by atoms with E-state index < -0.39 is 6.04 Å². The first kappa shape index (κ1) is 20.0. The molecule has 2 aliphatic rings. The number of nitrogens with zero attached hydrogens (tertiary/aromatic N) is 1. The number of amides is 2. The van der Waals surface area contributed by atoms with Crippen molar-refractivity contribution in [3.63, 3.8) is 0 Å². The summed E-state index contributed by atoms with van der Waals surface area (Å²) in [5, 5.41) is 3.06. The number of carbonyl (C=O) groups is 4. The smallest absolute Gasteiger partial charge is 0.255 e. The minimum absolute atomic E-state index is 0.0664. The summed E-state index contributed by atoms with van der Waals surface area (Å²) in [5.74, 6) is -0.665. The van der Waals surface area contributed by atoms with E-state index in [4.69, 9.17) is 0 Å². The summed E-state index contributed by atoms with van der Waals surface area (Å²) in [5.41, 5.74) is 2.79. The highest BCUT2D eigenvalue weighted by atomic mass is 16.2. The number of nitrogens with one attached hydrogen (secondary N) is 1. The third kappa shape index (κ3) is 3.77. The average Bonchev–Trinajstić information content (AvgIpc) is 3.08. The molecule has 1 aliphatic carbocycles. The molecule has 0 aromatic heterocycles. The predicted octanol–water partition coefficient (Wildman–Crippen LogP) is 3.21. The van der Waals surface area contributed by atoms with Gasteiger partial charge >= 0.3 is 0 Å². The summed E-state index contributed by atoms with van der Waals surface area (Å²) in [6.45, 7) is 2.30. The molecule has 1 N–H and O–H groups in total. The van der Waals surface area contributed by atoms with Gasteiger partial charge in [0.2, 0.25) is 0 Å². The van der Waals surface area contributed by atoms with E-state index in [1.165, 1.54) is 0 Å². The highest BCUT2D eigenvalue weighted by Gasteiger charge is 2.39. The van der Waals surface area contributed by atoms with Crippen LogP contribution in [0.2, 0.25) is 0 Å². The molecule has 6 heteroatoms. The maximum atomic E-state index is 12.8. The van der Waals surface area contributed by atoms with E-state index in [9.17, 15) is 19.2 Å². The van der Waals surface area contributed by atoms with Gasteiger partial charge in [0.1, 0.15) is 5.78 Å². The first-order valence-electron chi connectivity index (χ1n) is 10.3. The molecule has 1 heterocycles. The third-order valence-corrected chi connectivity index (χ3v) is 5.93. The highest BCUT2D eigenvalue weighted by molar-refractivity contribution is 6.08. The molecular formula is C24H24N2O4. The molecule has 6 nitrogen and oxygen atoms in total. The monoisotopic (exact) mass is 404 g/mol. The Morgan fingerprint density at radius 3 is 2.60 bits per heavy atom. The van der Waals surface area contributed by atoms with Gasteiger partial charge in [-0.15, -0.1) is 0 Å². The van der Waals surface area contributed by atoms with Crippen LogP contribution < -0.4 is 5.32 Å². The molecule has 1 aliphatic heterocycles. The van der Waals surface area contributed by atoms with Gasteiger partial charge in [-0.05, 0) is 42.2 Å². The van der Waals surface area contributed by atoms with Crippen LogP contribution in [0.25, 0.3) is 0 Å². The Kier molecular flexibility index (Phi) is 5.48. The van der Waals surface area contributed by atoms with E-state index in [-0.39, 0.29) is 42.4 Å². The normalized spacial score (nSPS) is 19.6. The fraction of sp³-hybridized carbons (Fsp3) is 0.333. The second kappa shape index (κ2) is 8.22. The van der Waals surface area contributed by atoms with Gasteiger partial charge in [0.25, 0.3) is 11.8 Å². The van der Waals surface area contributed by atoms with Crippen molar-refractivity contribution in [2.45, 2.75) is 51.2 Å². The first-order valence-corrected chi connectivity index (χ1v) is 10.3. The fourth-order valence-electron chi connectivity index (χ4n) is 4.27. The van der Waals surface area contributed by atoms with Crippen molar-refractivity contribution >= 4 is 23.4 Å². The molecule has 0 spiro atoms. The zero-order chi connectivity index (χ0) is 21.3. The quantitative estimate of drug-likeness (QED) is 0.776. The molecule has 0 radical (unpaired) electrons. The van der Waals surface area contributed by atoms with Crippen molar-refractivity contribution in [2.75, 3.05) is 0 Å². The Balaban J connectivity index is 1.50. The van der Waals surface area contributed by atoms with E-state index in [0.29, 0.717) is 24.0 Å².